The van der Waals surface area contributed by atoms with Crippen molar-refractivity contribution in [1.29, 1.82) is 0 Å². The van der Waals surface area contributed by atoms with Crippen LogP contribution in [0, 0.1) is 11.7 Å². The van der Waals surface area contributed by atoms with Crippen LogP contribution in [0.5, 0.6) is 5.75 Å². The van der Waals surface area contributed by atoms with E-state index in [0.717, 1.165) is 29.5 Å². The fourth-order valence-corrected chi connectivity index (χ4v) is 4.45. The van der Waals surface area contributed by atoms with Crippen molar-refractivity contribution < 1.29 is 9.22 Å². The molecule has 4 aromatic rings. The van der Waals surface area contributed by atoms with E-state index in [2.05, 4.69) is 162 Å². The minimum atomic E-state index is -1.39. The number of quaternary nitrogens is 1. The van der Waals surface area contributed by atoms with Gasteiger partial charge >= 0.3 is 0 Å². The Labute approximate surface area is 230 Å². The van der Waals surface area contributed by atoms with E-state index in [9.17, 15) is 0 Å². The average molecular weight is 504 g/mol. The number of hydrogen-bond acceptors (Lipinski definition) is 1. The second kappa shape index (κ2) is 14.3. The Bertz CT molecular complexity index is 1170. The molecule has 0 bridgehead atoms. The van der Waals surface area contributed by atoms with Gasteiger partial charge in [0.25, 0.3) is 0 Å². The maximum atomic E-state index is 5.93. The molecular formula is C35H42BNO. The van der Waals surface area contributed by atoms with Crippen molar-refractivity contribution in [3.05, 3.63) is 121 Å². The van der Waals surface area contributed by atoms with Gasteiger partial charge in [0.15, 0.2) is 0 Å². The summed E-state index contributed by atoms with van der Waals surface area (Å²) in [5.41, 5.74) is 5.06. The molecule has 4 rings (SSSR count). The summed E-state index contributed by atoms with van der Waals surface area (Å²) in [6.07, 6.45) is 1.35. The summed E-state index contributed by atoms with van der Waals surface area (Å²) < 4.78 is 6.93. The smallest absolute Gasteiger partial charge is 0.149 e. The number of rotatable bonds is 8. The van der Waals surface area contributed by atoms with E-state index in [1.54, 1.807) is 0 Å². The van der Waals surface area contributed by atoms with E-state index in [0.29, 0.717) is 6.61 Å². The van der Waals surface area contributed by atoms with Gasteiger partial charge in [-0.25, -0.2) is 0 Å². The van der Waals surface area contributed by atoms with Gasteiger partial charge in [-0.1, -0.05) is 110 Å². The highest BCUT2D eigenvalue weighted by Gasteiger charge is 2.27. The molecular weight excluding hydrogens is 461 g/mol. The van der Waals surface area contributed by atoms with Gasteiger partial charge in [-0.05, 0) is 30.5 Å². The van der Waals surface area contributed by atoms with Crippen molar-refractivity contribution in [2.24, 2.45) is 0 Å². The van der Waals surface area contributed by atoms with Crippen LogP contribution in [0.1, 0.15) is 25.3 Å². The molecule has 0 N–H and O–H groups in total. The molecule has 0 fully saturated rings. The van der Waals surface area contributed by atoms with Gasteiger partial charge in [0, 0.05) is 6.42 Å². The van der Waals surface area contributed by atoms with E-state index in [-0.39, 0.29) is 0 Å². The van der Waals surface area contributed by atoms with E-state index in [1.807, 2.05) is 0 Å². The molecule has 0 aromatic heterocycles. The number of aryl methyl sites for hydroxylation is 1. The van der Waals surface area contributed by atoms with Crippen LogP contribution in [-0.4, -0.2) is 45.4 Å². The molecule has 4 aromatic carbocycles. The lowest BCUT2D eigenvalue weighted by molar-refractivity contribution is -0.849. The van der Waals surface area contributed by atoms with E-state index >= 15 is 0 Å². The molecule has 0 saturated carbocycles. The van der Waals surface area contributed by atoms with Crippen molar-refractivity contribution in [2.75, 3.05) is 34.8 Å². The lowest BCUT2D eigenvalue weighted by atomic mass is 9.16. The molecule has 0 aliphatic rings. The molecule has 0 saturated heterocycles. The van der Waals surface area contributed by atoms with Gasteiger partial charge < -0.3 is 9.22 Å². The van der Waals surface area contributed by atoms with Crippen LogP contribution in [-0.2, 0) is 6.42 Å². The molecule has 0 amide bonds. The van der Waals surface area contributed by atoms with Crippen LogP contribution in [0.25, 0.3) is 0 Å². The van der Waals surface area contributed by atoms with Crippen molar-refractivity contribution in [2.45, 2.75) is 26.2 Å². The fourth-order valence-electron chi connectivity index (χ4n) is 4.45. The first-order valence-electron chi connectivity index (χ1n) is 13.7. The third-order valence-electron chi connectivity index (χ3n) is 6.26. The second-order valence-corrected chi connectivity index (χ2v) is 11.1. The molecule has 3 heteroatoms. The second-order valence-electron chi connectivity index (χ2n) is 11.1. The molecule has 0 heterocycles. The summed E-state index contributed by atoms with van der Waals surface area (Å²) in [7, 11) is 8.50. The van der Waals surface area contributed by atoms with Crippen LogP contribution in [0.3, 0.4) is 0 Å². The lowest BCUT2D eigenvalue weighted by Crippen LogP contribution is -2.66. The summed E-state index contributed by atoms with van der Waals surface area (Å²) in [6.45, 7) is 2.83. The molecule has 38 heavy (non-hydrogen) atoms. The van der Waals surface area contributed by atoms with Gasteiger partial charge in [0.05, 0.1) is 34.8 Å². The largest absolute Gasteiger partial charge is 0.494 e. The zero-order valence-corrected chi connectivity index (χ0v) is 23.7. The Morgan fingerprint density at radius 1 is 0.632 bits per heavy atom. The SMILES string of the molecule is CCc1ccc(OCCCC#C[B-](c2ccccc2)(c2ccccc2)c2ccccc2)cc1.C[N+](C)(C)C. The standard InChI is InChI=1S/C31H30BO.C4H12N/c1-2-27-21-23-31(24-22-27)33-26-14-6-13-25-32(28-15-7-3-8-16-28,29-17-9-4-10-18-29)30-19-11-5-12-20-30;1-5(2,3)4/h3-5,7-12,15-24H,2,6,14,26H2,1H3;1-4H3/q-1;+1. The minimum absolute atomic E-state index is 0.669. The van der Waals surface area contributed by atoms with Gasteiger partial charge in [-0.3, -0.25) is 5.82 Å². The van der Waals surface area contributed by atoms with E-state index in [4.69, 9.17) is 4.74 Å². The monoisotopic (exact) mass is 503 g/mol. The highest BCUT2D eigenvalue weighted by molar-refractivity contribution is 7.16. The number of ether oxygens (including phenoxy) is 1. The van der Waals surface area contributed by atoms with Gasteiger partial charge in [0.1, 0.15) is 11.9 Å². The summed E-state index contributed by atoms with van der Waals surface area (Å²) in [5.74, 6) is 8.20. The Morgan fingerprint density at radius 2 is 1.05 bits per heavy atom. The number of unbranched alkanes of at least 4 members (excludes halogenated alkanes) is 1. The van der Waals surface area contributed by atoms with Gasteiger partial charge in [-0.2, -0.15) is 16.4 Å². The lowest BCUT2D eigenvalue weighted by Gasteiger charge is -2.38. The zero-order chi connectivity index (χ0) is 27.3. The van der Waals surface area contributed by atoms with Crippen LogP contribution < -0.4 is 21.1 Å². The fraction of sp³-hybridized carbons (Fsp3) is 0.257. The quantitative estimate of drug-likeness (QED) is 0.135. The van der Waals surface area contributed by atoms with Gasteiger partial charge in [0.2, 0.25) is 0 Å². The van der Waals surface area contributed by atoms with E-state index < -0.39 is 6.15 Å². The summed E-state index contributed by atoms with van der Waals surface area (Å²) in [4.78, 5) is 0. The van der Waals surface area contributed by atoms with Crippen LogP contribution in [0.4, 0.5) is 0 Å². The van der Waals surface area contributed by atoms with Gasteiger partial charge in [-0.15, -0.1) is 5.92 Å². The van der Waals surface area contributed by atoms with Crippen LogP contribution in [0.2, 0.25) is 0 Å². The highest BCUT2D eigenvalue weighted by atomic mass is 16.5. The maximum absolute atomic E-state index is 5.93. The number of benzene rings is 4. The molecule has 0 aliphatic heterocycles. The normalized spacial score (nSPS) is 11.0. The number of nitrogens with zero attached hydrogens (tertiary/aromatic N) is 1. The molecule has 0 aliphatic carbocycles. The van der Waals surface area contributed by atoms with E-state index in [1.165, 1.54) is 22.0 Å². The average Bonchev–Trinajstić information content (AvgIpc) is 2.94. The third-order valence-corrected chi connectivity index (χ3v) is 6.26. The molecule has 196 valence electrons. The topological polar surface area (TPSA) is 9.23 Å². The zero-order valence-electron chi connectivity index (χ0n) is 23.7. The predicted octanol–water partition coefficient (Wildman–Crippen LogP) is 5.44. The van der Waals surface area contributed by atoms with Crippen LogP contribution >= 0.6 is 0 Å². The predicted molar refractivity (Wildman–Crippen MR) is 166 cm³/mol. The molecule has 0 unspecified atom stereocenters. The number of hydrogen-bond donors (Lipinski definition) is 0. The Kier molecular flexibility index (Phi) is 10.8. The first-order chi connectivity index (χ1) is 18.3. The first kappa shape index (κ1) is 28.8. The summed E-state index contributed by atoms with van der Waals surface area (Å²) in [6, 6.07) is 40.5. The highest BCUT2D eigenvalue weighted by Crippen LogP contribution is 2.13. The molecule has 0 spiro atoms. The van der Waals surface area contributed by atoms with Crippen molar-refractivity contribution >= 4 is 22.5 Å². The molecule has 0 atom stereocenters. The summed E-state index contributed by atoms with van der Waals surface area (Å²) >= 11 is 0. The van der Waals surface area contributed by atoms with Crippen molar-refractivity contribution in [1.82, 2.24) is 0 Å². The Morgan fingerprint density at radius 3 is 1.45 bits per heavy atom. The Hall–Kier alpha value is -3.74. The molecule has 2 nitrogen and oxygen atoms in total. The first-order valence-corrected chi connectivity index (χ1v) is 13.7. The summed E-state index contributed by atoms with van der Waals surface area (Å²) in [5, 5.41) is 0. The molecule has 0 radical (unpaired) electrons. The van der Waals surface area contributed by atoms with Crippen molar-refractivity contribution in [3.63, 3.8) is 0 Å². The van der Waals surface area contributed by atoms with Crippen molar-refractivity contribution in [3.8, 4) is 17.5 Å². The minimum Gasteiger partial charge on any atom is -0.494 e. The third kappa shape index (κ3) is 8.68. The Balaban J connectivity index is 0.000000732. The maximum Gasteiger partial charge on any atom is 0.149 e. The van der Waals surface area contributed by atoms with Crippen LogP contribution in [0.15, 0.2) is 115 Å².